The molecule has 34 heavy (non-hydrogen) atoms. The van der Waals surface area contributed by atoms with Gasteiger partial charge in [-0.2, -0.15) is 0 Å². The molecule has 1 aliphatic heterocycles. The first-order valence-electron chi connectivity index (χ1n) is 12.1. The molecule has 0 atom stereocenters. The molecule has 2 aromatic carbocycles. The van der Waals surface area contributed by atoms with Gasteiger partial charge in [-0.1, -0.05) is 48.0 Å². The van der Waals surface area contributed by atoms with Crippen LogP contribution in [0.4, 0.5) is 16.3 Å². The molecular weight excluding hydrogens is 422 g/mol. The number of benzene rings is 2. The SMILES string of the molecule is Cc1ccc(Cc2c(C)nc(C)nc2N2CCCN(C(=O)Nc3c(C)cccc3C)CC2)cc1. The van der Waals surface area contributed by atoms with E-state index in [9.17, 15) is 4.79 Å². The number of carbonyl (C=O) groups excluding carboxylic acids is 1. The lowest BCUT2D eigenvalue weighted by Gasteiger charge is -2.26. The summed E-state index contributed by atoms with van der Waals surface area (Å²) >= 11 is 0. The Kier molecular flexibility index (Phi) is 7.15. The van der Waals surface area contributed by atoms with Crippen molar-refractivity contribution in [3.8, 4) is 0 Å². The van der Waals surface area contributed by atoms with Gasteiger partial charge in [0, 0.05) is 49.5 Å². The summed E-state index contributed by atoms with van der Waals surface area (Å²) in [7, 11) is 0. The van der Waals surface area contributed by atoms with Crippen molar-refractivity contribution in [2.45, 2.75) is 47.5 Å². The molecule has 1 aromatic heterocycles. The number of carbonyl (C=O) groups is 1. The number of aryl methyl sites for hydroxylation is 5. The third kappa shape index (κ3) is 5.38. The lowest BCUT2D eigenvalue weighted by Crippen LogP contribution is -2.38. The summed E-state index contributed by atoms with van der Waals surface area (Å²) in [5.41, 5.74) is 7.78. The van der Waals surface area contributed by atoms with Crippen LogP contribution in [0.2, 0.25) is 0 Å². The normalized spacial score (nSPS) is 14.1. The van der Waals surface area contributed by atoms with Crippen LogP contribution in [-0.4, -0.2) is 47.1 Å². The highest BCUT2D eigenvalue weighted by atomic mass is 16.2. The maximum atomic E-state index is 13.1. The van der Waals surface area contributed by atoms with Gasteiger partial charge in [0.1, 0.15) is 11.6 Å². The maximum absolute atomic E-state index is 13.1. The zero-order valence-electron chi connectivity index (χ0n) is 21.0. The lowest BCUT2D eigenvalue weighted by molar-refractivity contribution is 0.215. The van der Waals surface area contributed by atoms with Crippen molar-refractivity contribution in [2.75, 3.05) is 36.4 Å². The van der Waals surface area contributed by atoms with E-state index in [1.165, 1.54) is 16.7 Å². The highest BCUT2D eigenvalue weighted by Gasteiger charge is 2.23. The molecule has 1 fully saturated rings. The molecule has 0 radical (unpaired) electrons. The van der Waals surface area contributed by atoms with Crippen molar-refractivity contribution < 1.29 is 4.79 Å². The third-order valence-electron chi connectivity index (χ3n) is 6.60. The van der Waals surface area contributed by atoms with Crippen molar-refractivity contribution in [1.29, 1.82) is 0 Å². The number of hydrogen-bond donors (Lipinski definition) is 1. The predicted octanol–water partition coefficient (Wildman–Crippen LogP) is 5.35. The zero-order chi connectivity index (χ0) is 24.2. The van der Waals surface area contributed by atoms with Gasteiger partial charge in [-0.25, -0.2) is 14.8 Å². The smallest absolute Gasteiger partial charge is 0.321 e. The van der Waals surface area contributed by atoms with Crippen LogP contribution in [0.1, 0.15) is 45.8 Å². The fraction of sp³-hybridized carbons (Fsp3) is 0.393. The largest absolute Gasteiger partial charge is 0.354 e. The number of nitrogens with zero attached hydrogens (tertiary/aromatic N) is 4. The van der Waals surface area contributed by atoms with Crippen LogP contribution in [-0.2, 0) is 6.42 Å². The average Bonchev–Trinajstić information content (AvgIpc) is 3.05. The summed E-state index contributed by atoms with van der Waals surface area (Å²) in [5, 5.41) is 3.14. The first-order chi connectivity index (χ1) is 16.3. The molecule has 3 aromatic rings. The quantitative estimate of drug-likeness (QED) is 0.573. The molecule has 1 N–H and O–H groups in total. The molecule has 6 heteroatoms. The second-order valence-corrected chi connectivity index (χ2v) is 9.35. The maximum Gasteiger partial charge on any atom is 0.321 e. The van der Waals surface area contributed by atoms with Gasteiger partial charge in [0.05, 0.1) is 0 Å². The molecule has 1 saturated heterocycles. The van der Waals surface area contributed by atoms with Gasteiger partial charge in [0.15, 0.2) is 0 Å². The Morgan fingerprint density at radius 3 is 2.29 bits per heavy atom. The number of amides is 2. The van der Waals surface area contributed by atoms with E-state index in [1.807, 2.05) is 43.9 Å². The Morgan fingerprint density at radius 1 is 0.882 bits per heavy atom. The van der Waals surface area contributed by atoms with Gasteiger partial charge in [-0.3, -0.25) is 0 Å². The molecule has 2 heterocycles. The lowest BCUT2D eigenvalue weighted by atomic mass is 10.0. The molecule has 0 bridgehead atoms. The van der Waals surface area contributed by atoms with Crippen LogP contribution < -0.4 is 10.2 Å². The molecule has 0 spiro atoms. The topological polar surface area (TPSA) is 61.4 Å². The van der Waals surface area contributed by atoms with Crippen LogP contribution >= 0.6 is 0 Å². The van der Waals surface area contributed by atoms with Crippen LogP contribution in [0.25, 0.3) is 0 Å². The van der Waals surface area contributed by atoms with Crippen LogP contribution in [0.5, 0.6) is 0 Å². The van der Waals surface area contributed by atoms with Gasteiger partial charge in [0.2, 0.25) is 0 Å². The van der Waals surface area contributed by atoms with E-state index in [2.05, 4.69) is 53.3 Å². The summed E-state index contributed by atoms with van der Waals surface area (Å²) in [5.74, 6) is 1.79. The molecule has 1 aliphatic rings. The summed E-state index contributed by atoms with van der Waals surface area (Å²) < 4.78 is 0. The Bertz CT molecular complexity index is 1150. The average molecular weight is 458 g/mol. The number of urea groups is 1. The van der Waals surface area contributed by atoms with Gasteiger partial charge in [-0.15, -0.1) is 0 Å². The van der Waals surface area contributed by atoms with Crippen molar-refractivity contribution in [3.63, 3.8) is 0 Å². The van der Waals surface area contributed by atoms with E-state index < -0.39 is 0 Å². The van der Waals surface area contributed by atoms with E-state index >= 15 is 0 Å². The third-order valence-corrected chi connectivity index (χ3v) is 6.60. The van der Waals surface area contributed by atoms with Crippen molar-refractivity contribution in [1.82, 2.24) is 14.9 Å². The minimum atomic E-state index is -0.0332. The van der Waals surface area contributed by atoms with Crippen LogP contribution in [0, 0.1) is 34.6 Å². The predicted molar refractivity (Wildman–Crippen MR) is 139 cm³/mol. The summed E-state index contributed by atoms with van der Waals surface area (Å²) in [6, 6.07) is 14.7. The van der Waals surface area contributed by atoms with Gasteiger partial charge in [-0.05, 0) is 57.7 Å². The van der Waals surface area contributed by atoms with Gasteiger partial charge < -0.3 is 15.1 Å². The fourth-order valence-corrected chi connectivity index (χ4v) is 4.63. The van der Waals surface area contributed by atoms with Crippen molar-refractivity contribution in [3.05, 3.63) is 81.8 Å². The van der Waals surface area contributed by atoms with E-state index in [-0.39, 0.29) is 6.03 Å². The van der Waals surface area contributed by atoms with Crippen LogP contribution in [0.15, 0.2) is 42.5 Å². The van der Waals surface area contributed by atoms with Gasteiger partial charge >= 0.3 is 6.03 Å². The molecule has 4 rings (SSSR count). The number of aromatic nitrogens is 2. The number of rotatable bonds is 4. The first kappa shape index (κ1) is 23.7. The minimum Gasteiger partial charge on any atom is -0.354 e. The zero-order valence-corrected chi connectivity index (χ0v) is 21.0. The van der Waals surface area contributed by atoms with E-state index in [0.717, 1.165) is 66.6 Å². The first-order valence-corrected chi connectivity index (χ1v) is 12.1. The summed E-state index contributed by atoms with van der Waals surface area (Å²) in [4.78, 5) is 26.9. The van der Waals surface area contributed by atoms with E-state index in [1.54, 1.807) is 0 Å². The number of hydrogen-bond acceptors (Lipinski definition) is 4. The monoisotopic (exact) mass is 457 g/mol. The van der Waals surface area contributed by atoms with E-state index in [0.29, 0.717) is 6.54 Å². The second-order valence-electron chi connectivity index (χ2n) is 9.35. The molecule has 0 aliphatic carbocycles. The number of nitrogens with one attached hydrogen (secondary N) is 1. The van der Waals surface area contributed by atoms with Crippen molar-refractivity contribution >= 4 is 17.5 Å². The van der Waals surface area contributed by atoms with Gasteiger partial charge in [0.25, 0.3) is 0 Å². The summed E-state index contributed by atoms with van der Waals surface area (Å²) in [6.07, 6.45) is 1.70. The summed E-state index contributed by atoms with van der Waals surface area (Å²) in [6.45, 7) is 13.2. The molecule has 0 saturated carbocycles. The Balaban J connectivity index is 1.51. The number of anilines is 2. The molecule has 6 nitrogen and oxygen atoms in total. The minimum absolute atomic E-state index is 0.0332. The Hall–Kier alpha value is -3.41. The molecule has 178 valence electrons. The molecule has 0 unspecified atom stereocenters. The number of para-hydroxylation sites is 1. The molecule has 2 amide bonds. The highest BCUT2D eigenvalue weighted by Crippen LogP contribution is 2.26. The van der Waals surface area contributed by atoms with Crippen LogP contribution in [0.3, 0.4) is 0 Å². The highest BCUT2D eigenvalue weighted by molar-refractivity contribution is 5.91. The Morgan fingerprint density at radius 2 is 1.59 bits per heavy atom. The standard InChI is InChI=1S/C28H35N5O/c1-19-10-12-24(13-11-19)18-25-22(4)29-23(5)30-27(25)32-14-7-15-33(17-16-32)28(34)31-26-20(2)8-6-9-21(26)3/h6,8-13H,7,14-18H2,1-5H3,(H,31,34). The van der Waals surface area contributed by atoms with E-state index in [4.69, 9.17) is 4.98 Å². The fourth-order valence-electron chi connectivity index (χ4n) is 4.63. The Labute approximate surface area is 203 Å². The second kappa shape index (κ2) is 10.2. The van der Waals surface area contributed by atoms with Crippen molar-refractivity contribution in [2.24, 2.45) is 0 Å². The molecular formula is C28H35N5O.